The third-order valence-electron chi connectivity index (χ3n) is 6.65. The molecule has 2 atom stereocenters. The van der Waals surface area contributed by atoms with Crippen LogP contribution in [0.5, 0.6) is 5.75 Å². The highest BCUT2D eigenvalue weighted by Crippen LogP contribution is 2.44. The molecular weight excluding hydrogens is 389 g/mol. The first-order valence-electron chi connectivity index (χ1n) is 10.6. The zero-order valence-electron chi connectivity index (χ0n) is 17.0. The average Bonchev–Trinajstić information content (AvgIpc) is 3.56. The monoisotopic (exact) mass is 415 g/mol. The lowest BCUT2D eigenvalue weighted by molar-refractivity contribution is 0.0695. The lowest BCUT2D eigenvalue weighted by Gasteiger charge is -2.38. The molecule has 30 heavy (non-hydrogen) atoms. The molecule has 3 heterocycles. The second-order valence-corrected chi connectivity index (χ2v) is 8.75. The molecule has 5 rings (SSSR count). The van der Waals surface area contributed by atoms with E-state index < -0.39 is 17.2 Å². The fraction of sp³-hybridized carbons (Fsp3) is 0.545. The van der Waals surface area contributed by atoms with Crippen molar-refractivity contribution >= 4 is 22.6 Å². The van der Waals surface area contributed by atoms with Crippen LogP contribution in [0.15, 0.2) is 17.1 Å². The third-order valence-corrected chi connectivity index (χ3v) is 6.65. The largest absolute Gasteiger partial charge is 0.492 e. The fourth-order valence-corrected chi connectivity index (χ4v) is 5.16. The topological polar surface area (TPSA) is 83.8 Å². The van der Waals surface area contributed by atoms with Gasteiger partial charge in [-0.2, -0.15) is 0 Å². The Labute approximate surface area is 173 Å². The molecule has 2 aliphatic heterocycles. The molecule has 2 saturated heterocycles. The molecule has 0 spiro atoms. The van der Waals surface area contributed by atoms with Gasteiger partial charge in [0.25, 0.3) is 0 Å². The van der Waals surface area contributed by atoms with E-state index in [2.05, 4.69) is 5.32 Å². The van der Waals surface area contributed by atoms with E-state index in [4.69, 9.17) is 4.74 Å². The Bertz CT molecular complexity index is 1060. The van der Waals surface area contributed by atoms with Crippen LogP contribution in [-0.2, 0) is 0 Å². The van der Waals surface area contributed by atoms with E-state index in [0.29, 0.717) is 35.5 Å². The van der Waals surface area contributed by atoms with Crippen LogP contribution in [0.1, 0.15) is 48.5 Å². The number of aromatic carboxylic acids is 1. The van der Waals surface area contributed by atoms with Crippen LogP contribution in [0.2, 0.25) is 0 Å². The normalized spacial score (nSPS) is 24.0. The minimum absolute atomic E-state index is 0.0625. The standard InChI is InChI=1S/C22H26FN3O4/c1-30-21-18-15(20(27)16(22(28)29)11-26(18)14-4-5-14)8-17(23)19(21)25-9-12-3-2-6-24-13(7-12)10-25/h8,11-14,24H,2-7,9-10H2,1H3,(H,28,29)/t12-,13-/m1/s1. The zero-order valence-corrected chi connectivity index (χ0v) is 17.0. The van der Waals surface area contributed by atoms with Crippen molar-refractivity contribution in [3.63, 3.8) is 0 Å². The van der Waals surface area contributed by atoms with Crippen LogP contribution >= 0.6 is 0 Å². The van der Waals surface area contributed by atoms with Crippen LogP contribution in [-0.4, -0.2) is 48.4 Å². The molecule has 2 aromatic rings. The average molecular weight is 415 g/mol. The summed E-state index contributed by atoms with van der Waals surface area (Å²) in [6.07, 6.45) is 6.49. The molecule has 1 aromatic heterocycles. The first-order chi connectivity index (χ1) is 14.5. The van der Waals surface area contributed by atoms with Gasteiger partial charge in [0.05, 0.1) is 18.0 Å². The minimum Gasteiger partial charge on any atom is -0.492 e. The minimum atomic E-state index is -1.30. The van der Waals surface area contributed by atoms with E-state index in [1.54, 1.807) is 4.57 Å². The predicted molar refractivity (Wildman–Crippen MR) is 111 cm³/mol. The number of carbonyl (C=O) groups is 1. The number of piperidine rings is 1. The summed E-state index contributed by atoms with van der Waals surface area (Å²) in [7, 11) is 1.49. The first kappa shape index (κ1) is 19.4. The highest BCUT2D eigenvalue weighted by molar-refractivity contribution is 5.97. The Morgan fingerprint density at radius 3 is 2.80 bits per heavy atom. The summed E-state index contributed by atoms with van der Waals surface area (Å²) in [6.45, 7) is 2.40. The van der Waals surface area contributed by atoms with Crippen LogP contribution in [0.4, 0.5) is 10.1 Å². The number of carboxylic acid groups (broad SMARTS) is 1. The Hall–Kier alpha value is -2.61. The summed E-state index contributed by atoms with van der Waals surface area (Å²) in [5, 5.41) is 13.1. The number of pyridine rings is 1. The van der Waals surface area contributed by atoms with Crippen LogP contribution < -0.4 is 20.4 Å². The third kappa shape index (κ3) is 3.14. The first-order valence-corrected chi connectivity index (χ1v) is 10.6. The summed E-state index contributed by atoms with van der Waals surface area (Å²) in [4.78, 5) is 26.5. The SMILES string of the molecule is COc1c(N2C[C@@H]3CCCN[C@H](C3)C2)c(F)cc2c(=O)c(C(=O)O)cn(C3CC3)c12. The molecule has 0 unspecified atom stereocenters. The van der Waals surface area contributed by atoms with Gasteiger partial charge in [-0.25, -0.2) is 9.18 Å². The van der Waals surface area contributed by atoms with Crippen LogP contribution in [0.25, 0.3) is 10.9 Å². The Morgan fingerprint density at radius 2 is 2.10 bits per heavy atom. The Balaban J connectivity index is 1.73. The molecule has 7 nitrogen and oxygen atoms in total. The molecule has 2 bridgehead atoms. The smallest absolute Gasteiger partial charge is 0.341 e. The molecule has 3 fully saturated rings. The number of anilines is 1. The number of hydrogen-bond donors (Lipinski definition) is 2. The summed E-state index contributed by atoms with van der Waals surface area (Å²) in [6, 6.07) is 1.60. The summed E-state index contributed by atoms with van der Waals surface area (Å²) < 4.78 is 23.0. The van der Waals surface area contributed by atoms with Gasteiger partial charge in [-0.05, 0) is 50.6 Å². The lowest BCUT2D eigenvalue weighted by Crippen LogP contribution is -2.48. The Kier molecular flexibility index (Phi) is 4.69. The van der Waals surface area contributed by atoms with Gasteiger partial charge in [0, 0.05) is 31.4 Å². The lowest BCUT2D eigenvalue weighted by atomic mass is 9.91. The molecular formula is C22H26FN3O4. The van der Waals surface area contributed by atoms with Crippen LogP contribution in [0, 0.1) is 11.7 Å². The van der Waals surface area contributed by atoms with Gasteiger partial charge in [0.15, 0.2) is 11.6 Å². The molecule has 1 aromatic carbocycles. The summed E-state index contributed by atoms with van der Waals surface area (Å²) in [5.41, 5.74) is -0.142. The van der Waals surface area contributed by atoms with E-state index >= 15 is 4.39 Å². The van der Waals surface area contributed by atoms with Gasteiger partial charge >= 0.3 is 5.97 Å². The number of aromatic nitrogens is 1. The van der Waals surface area contributed by atoms with Gasteiger partial charge in [-0.15, -0.1) is 0 Å². The van der Waals surface area contributed by atoms with Gasteiger partial charge in [0.1, 0.15) is 11.3 Å². The Morgan fingerprint density at radius 1 is 1.30 bits per heavy atom. The summed E-state index contributed by atoms with van der Waals surface area (Å²) >= 11 is 0. The highest BCUT2D eigenvalue weighted by atomic mass is 19.1. The van der Waals surface area contributed by atoms with Gasteiger partial charge in [0.2, 0.25) is 5.43 Å². The molecule has 1 aliphatic carbocycles. The van der Waals surface area contributed by atoms with Crippen molar-refractivity contribution < 1.29 is 19.0 Å². The molecule has 0 radical (unpaired) electrons. The number of hydrogen-bond acceptors (Lipinski definition) is 5. The van der Waals surface area contributed by atoms with Crippen molar-refractivity contribution in [3.05, 3.63) is 33.9 Å². The van der Waals surface area contributed by atoms with Crippen molar-refractivity contribution in [1.29, 1.82) is 0 Å². The number of fused-ring (bicyclic) bond motifs is 3. The summed E-state index contributed by atoms with van der Waals surface area (Å²) in [5.74, 6) is -1.03. The van der Waals surface area contributed by atoms with Crippen molar-refractivity contribution in [2.75, 3.05) is 31.6 Å². The van der Waals surface area contributed by atoms with E-state index in [0.717, 1.165) is 45.2 Å². The molecule has 160 valence electrons. The number of benzene rings is 1. The van der Waals surface area contributed by atoms with Crippen LogP contribution in [0.3, 0.4) is 0 Å². The maximum atomic E-state index is 15.5. The number of carboxylic acids is 1. The number of rotatable bonds is 4. The molecule has 3 aliphatic rings. The van der Waals surface area contributed by atoms with Crippen molar-refractivity contribution in [2.24, 2.45) is 5.92 Å². The van der Waals surface area contributed by atoms with Crippen molar-refractivity contribution in [1.82, 2.24) is 9.88 Å². The van der Waals surface area contributed by atoms with Gasteiger partial charge in [-0.1, -0.05) is 0 Å². The maximum Gasteiger partial charge on any atom is 0.341 e. The van der Waals surface area contributed by atoms with Crippen molar-refractivity contribution in [2.45, 2.75) is 44.2 Å². The second-order valence-electron chi connectivity index (χ2n) is 8.75. The predicted octanol–water partition coefficient (Wildman–Crippen LogP) is 2.76. The van der Waals surface area contributed by atoms with Gasteiger partial charge in [-0.3, -0.25) is 4.79 Å². The number of halogens is 1. The molecule has 1 saturated carbocycles. The number of nitrogens with zero attached hydrogens (tertiary/aromatic N) is 2. The van der Waals surface area contributed by atoms with E-state index in [1.807, 2.05) is 4.90 Å². The highest BCUT2D eigenvalue weighted by Gasteiger charge is 2.35. The van der Waals surface area contributed by atoms with Crippen molar-refractivity contribution in [3.8, 4) is 5.75 Å². The van der Waals surface area contributed by atoms with E-state index in [1.165, 1.54) is 19.4 Å². The number of nitrogens with one attached hydrogen (secondary N) is 1. The number of methoxy groups -OCH3 is 1. The molecule has 8 heteroatoms. The molecule has 0 amide bonds. The van der Waals surface area contributed by atoms with E-state index in [-0.39, 0.29) is 17.0 Å². The van der Waals surface area contributed by atoms with E-state index in [9.17, 15) is 14.7 Å². The quantitative estimate of drug-likeness (QED) is 0.799. The fourth-order valence-electron chi connectivity index (χ4n) is 5.16. The molecule has 2 N–H and O–H groups in total. The maximum absolute atomic E-state index is 15.5. The number of ether oxygens (including phenoxy) is 1. The zero-order chi connectivity index (χ0) is 21.0. The second kappa shape index (κ2) is 7.27. The van der Waals surface area contributed by atoms with Gasteiger partial charge < -0.3 is 24.6 Å².